The number of benzene rings is 1. The summed E-state index contributed by atoms with van der Waals surface area (Å²) in [6, 6.07) is 10.5. The maximum Gasteiger partial charge on any atom is 0.104 e. The maximum absolute atomic E-state index is 9.26. The molecule has 1 aromatic rings. The first kappa shape index (κ1) is 8.73. The SMILES string of the molecule is CC(O)N1CC(c2ccccc2)C1. The molecule has 0 radical (unpaired) electrons. The molecular weight excluding hydrogens is 162 g/mol. The lowest BCUT2D eigenvalue weighted by Crippen LogP contribution is -2.49. The van der Waals surface area contributed by atoms with E-state index in [-0.39, 0.29) is 6.23 Å². The van der Waals surface area contributed by atoms with Gasteiger partial charge in [0.1, 0.15) is 6.23 Å². The molecule has 0 bridgehead atoms. The molecule has 2 nitrogen and oxygen atoms in total. The number of nitrogens with zero attached hydrogens (tertiary/aromatic N) is 1. The normalized spacial score (nSPS) is 21.1. The molecular formula is C11H15NO. The van der Waals surface area contributed by atoms with Gasteiger partial charge in [-0.25, -0.2) is 0 Å². The lowest BCUT2D eigenvalue weighted by molar-refractivity contribution is -0.0331. The number of aliphatic hydroxyl groups excluding tert-OH is 1. The molecule has 1 aliphatic rings. The van der Waals surface area contributed by atoms with E-state index < -0.39 is 0 Å². The molecule has 0 spiro atoms. The Morgan fingerprint density at radius 2 is 1.92 bits per heavy atom. The van der Waals surface area contributed by atoms with E-state index in [0.29, 0.717) is 5.92 Å². The first-order valence-electron chi connectivity index (χ1n) is 4.74. The summed E-state index contributed by atoms with van der Waals surface area (Å²) in [6.07, 6.45) is -0.292. The standard InChI is InChI=1S/C11H15NO/c1-9(13)12-7-11(8-12)10-5-3-2-4-6-10/h2-6,9,11,13H,7-8H2,1H3. The monoisotopic (exact) mass is 177 g/mol. The summed E-state index contributed by atoms with van der Waals surface area (Å²) in [4.78, 5) is 2.07. The molecule has 1 atom stereocenters. The average Bonchev–Trinajstić information content (AvgIpc) is 2.02. The van der Waals surface area contributed by atoms with E-state index >= 15 is 0 Å². The molecule has 70 valence electrons. The summed E-state index contributed by atoms with van der Waals surface area (Å²) in [7, 11) is 0. The minimum atomic E-state index is -0.292. The highest BCUT2D eigenvalue weighted by molar-refractivity contribution is 5.22. The fourth-order valence-electron chi connectivity index (χ4n) is 1.75. The summed E-state index contributed by atoms with van der Waals surface area (Å²) in [5, 5.41) is 9.26. The van der Waals surface area contributed by atoms with Crippen LogP contribution in [0.4, 0.5) is 0 Å². The van der Waals surface area contributed by atoms with Gasteiger partial charge in [-0.2, -0.15) is 0 Å². The fourth-order valence-corrected chi connectivity index (χ4v) is 1.75. The minimum Gasteiger partial charge on any atom is -0.379 e. The third kappa shape index (κ3) is 1.74. The molecule has 2 rings (SSSR count). The van der Waals surface area contributed by atoms with Crippen molar-refractivity contribution in [1.29, 1.82) is 0 Å². The number of hydrogen-bond donors (Lipinski definition) is 1. The van der Waals surface area contributed by atoms with Crippen molar-refractivity contribution in [3.8, 4) is 0 Å². The summed E-state index contributed by atoms with van der Waals surface area (Å²) in [6.45, 7) is 3.80. The predicted molar refractivity (Wildman–Crippen MR) is 52.4 cm³/mol. The molecule has 1 aromatic carbocycles. The van der Waals surface area contributed by atoms with Crippen LogP contribution in [0.5, 0.6) is 0 Å². The van der Waals surface area contributed by atoms with Crippen molar-refractivity contribution in [3.05, 3.63) is 35.9 Å². The third-order valence-electron chi connectivity index (χ3n) is 2.71. The van der Waals surface area contributed by atoms with Crippen molar-refractivity contribution in [2.45, 2.75) is 19.1 Å². The van der Waals surface area contributed by atoms with Gasteiger partial charge in [0.15, 0.2) is 0 Å². The van der Waals surface area contributed by atoms with Gasteiger partial charge in [0.05, 0.1) is 0 Å². The van der Waals surface area contributed by atoms with Crippen LogP contribution < -0.4 is 0 Å². The van der Waals surface area contributed by atoms with Crippen molar-refractivity contribution >= 4 is 0 Å². The molecule has 1 aliphatic heterocycles. The van der Waals surface area contributed by atoms with Crippen LogP contribution in [0.3, 0.4) is 0 Å². The Balaban J connectivity index is 1.94. The lowest BCUT2D eigenvalue weighted by Gasteiger charge is -2.41. The number of aliphatic hydroxyl groups is 1. The number of likely N-dealkylation sites (tertiary alicyclic amines) is 1. The highest BCUT2D eigenvalue weighted by Gasteiger charge is 2.29. The minimum absolute atomic E-state index is 0.292. The van der Waals surface area contributed by atoms with Gasteiger partial charge in [-0.1, -0.05) is 30.3 Å². The van der Waals surface area contributed by atoms with Gasteiger partial charge in [-0.05, 0) is 12.5 Å². The van der Waals surface area contributed by atoms with Crippen LogP contribution >= 0.6 is 0 Å². The molecule has 13 heavy (non-hydrogen) atoms. The molecule has 0 aliphatic carbocycles. The summed E-state index contributed by atoms with van der Waals surface area (Å²) in [5.41, 5.74) is 1.39. The quantitative estimate of drug-likeness (QED) is 0.738. The van der Waals surface area contributed by atoms with Gasteiger partial charge in [-0.3, -0.25) is 4.90 Å². The second kappa shape index (κ2) is 3.48. The Kier molecular flexibility index (Phi) is 2.34. The van der Waals surface area contributed by atoms with Crippen LogP contribution in [0, 0.1) is 0 Å². The van der Waals surface area contributed by atoms with E-state index in [1.807, 2.05) is 13.0 Å². The third-order valence-corrected chi connectivity index (χ3v) is 2.71. The smallest absolute Gasteiger partial charge is 0.104 e. The zero-order valence-electron chi connectivity index (χ0n) is 7.85. The Hall–Kier alpha value is -0.860. The second-order valence-electron chi connectivity index (χ2n) is 3.69. The van der Waals surface area contributed by atoms with Gasteiger partial charge < -0.3 is 5.11 Å². The van der Waals surface area contributed by atoms with Crippen molar-refractivity contribution in [1.82, 2.24) is 4.90 Å². The van der Waals surface area contributed by atoms with E-state index in [2.05, 4.69) is 29.2 Å². The number of hydrogen-bond acceptors (Lipinski definition) is 2. The average molecular weight is 177 g/mol. The van der Waals surface area contributed by atoms with Crippen LogP contribution in [-0.2, 0) is 0 Å². The Morgan fingerprint density at radius 3 is 2.46 bits per heavy atom. The van der Waals surface area contributed by atoms with E-state index in [4.69, 9.17) is 0 Å². The zero-order chi connectivity index (χ0) is 9.26. The number of rotatable bonds is 2. The summed E-state index contributed by atoms with van der Waals surface area (Å²) >= 11 is 0. The van der Waals surface area contributed by atoms with Crippen molar-refractivity contribution in [2.75, 3.05) is 13.1 Å². The first-order chi connectivity index (χ1) is 6.27. The van der Waals surface area contributed by atoms with Crippen LogP contribution in [0.15, 0.2) is 30.3 Å². The molecule has 1 unspecified atom stereocenters. The topological polar surface area (TPSA) is 23.5 Å². The summed E-state index contributed by atoms with van der Waals surface area (Å²) < 4.78 is 0. The van der Waals surface area contributed by atoms with Crippen LogP contribution in [0.2, 0.25) is 0 Å². The molecule has 0 saturated carbocycles. The van der Waals surface area contributed by atoms with E-state index in [1.165, 1.54) is 5.56 Å². The largest absolute Gasteiger partial charge is 0.379 e. The highest BCUT2D eigenvalue weighted by Crippen LogP contribution is 2.27. The van der Waals surface area contributed by atoms with E-state index in [9.17, 15) is 5.11 Å². The van der Waals surface area contributed by atoms with Gasteiger partial charge in [0.25, 0.3) is 0 Å². The van der Waals surface area contributed by atoms with Gasteiger partial charge in [0, 0.05) is 19.0 Å². The maximum atomic E-state index is 9.26. The Labute approximate surface area is 78.8 Å². The van der Waals surface area contributed by atoms with E-state index in [1.54, 1.807) is 0 Å². The van der Waals surface area contributed by atoms with Crippen LogP contribution in [0.25, 0.3) is 0 Å². The summed E-state index contributed by atoms with van der Waals surface area (Å²) in [5.74, 6) is 0.621. The molecule has 1 N–H and O–H groups in total. The lowest BCUT2D eigenvalue weighted by atomic mass is 9.91. The van der Waals surface area contributed by atoms with Crippen LogP contribution in [0.1, 0.15) is 18.4 Å². The van der Waals surface area contributed by atoms with Gasteiger partial charge in [0.2, 0.25) is 0 Å². The zero-order valence-corrected chi connectivity index (χ0v) is 7.85. The molecule has 2 heteroatoms. The Morgan fingerprint density at radius 1 is 1.31 bits per heavy atom. The first-order valence-corrected chi connectivity index (χ1v) is 4.74. The van der Waals surface area contributed by atoms with E-state index in [0.717, 1.165) is 13.1 Å². The van der Waals surface area contributed by atoms with Crippen molar-refractivity contribution in [3.63, 3.8) is 0 Å². The molecule has 0 amide bonds. The second-order valence-corrected chi connectivity index (χ2v) is 3.69. The molecule has 1 saturated heterocycles. The van der Waals surface area contributed by atoms with Crippen LogP contribution in [-0.4, -0.2) is 29.3 Å². The van der Waals surface area contributed by atoms with Gasteiger partial charge in [-0.15, -0.1) is 0 Å². The van der Waals surface area contributed by atoms with Crippen molar-refractivity contribution < 1.29 is 5.11 Å². The van der Waals surface area contributed by atoms with Gasteiger partial charge >= 0.3 is 0 Å². The molecule has 0 aromatic heterocycles. The fraction of sp³-hybridized carbons (Fsp3) is 0.455. The molecule has 1 fully saturated rings. The van der Waals surface area contributed by atoms with Crippen molar-refractivity contribution in [2.24, 2.45) is 0 Å². The Bertz CT molecular complexity index is 265. The molecule has 1 heterocycles. The predicted octanol–water partition coefficient (Wildman–Crippen LogP) is 1.42. The highest BCUT2D eigenvalue weighted by atomic mass is 16.3.